The zero-order chi connectivity index (χ0) is 13.4. The smallest absolute Gasteiger partial charge is 0.290 e. The summed E-state index contributed by atoms with van der Waals surface area (Å²) in [6.45, 7) is 6.42. The van der Waals surface area contributed by atoms with Crippen molar-refractivity contribution in [2.45, 2.75) is 19.9 Å². The van der Waals surface area contributed by atoms with Crippen LogP contribution >= 0.6 is 0 Å². The van der Waals surface area contributed by atoms with Crippen LogP contribution in [0.3, 0.4) is 0 Å². The highest BCUT2D eigenvalue weighted by molar-refractivity contribution is 5.99. The molecule has 19 heavy (non-hydrogen) atoms. The van der Waals surface area contributed by atoms with Gasteiger partial charge in [-0.15, -0.1) is 0 Å². The van der Waals surface area contributed by atoms with Crippen LogP contribution in [0.4, 0.5) is 0 Å². The van der Waals surface area contributed by atoms with E-state index in [1.54, 1.807) is 0 Å². The number of nitrogens with zero attached hydrogens (tertiary/aromatic N) is 1. The molecule has 1 fully saturated rings. The number of nitrogens with one attached hydrogen (secondary N) is 1. The van der Waals surface area contributed by atoms with Crippen LogP contribution in [0.1, 0.15) is 23.0 Å². The van der Waals surface area contributed by atoms with Crippen molar-refractivity contribution in [1.29, 1.82) is 0 Å². The Morgan fingerprint density at radius 3 is 2.95 bits per heavy atom. The van der Waals surface area contributed by atoms with Gasteiger partial charge in [-0.05, 0) is 19.9 Å². The lowest BCUT2D eigenvalue weighted by molar-refractivity contribution is 0.0624. The highest BCUT2D eigenvalue weighted by Gasteiger charge is 2.28. The number of rotatable bonds is 1. The Kier molecular flexibility index (Phi) is 3.03. The van der Waals surface area contributed by atoms with Crippen LogP contribution in [0.25, 0.3) is 11.0 Å². The number of carbonyl (C=O) groups excluding carboxylic acids is 1. The minimum absolute atomic E-state index is 0.00250. The third-order valence-corrected chi connectivity index (χ3v) is 3.80. The number of carbonyl (C=O) groups is 1. The highest BCUT2D eigenvalue weighted by Crippen LogP contribution is 2.26. The Morgan fingerprint density at radius 1 is 1.42 bits per heavy atom. The van der Waals surface area contributed by atoms with Gasteiger partial charge in [0, 0.05) is 36.6 Å². The summed E-state index contributed by atoms with van der Waals surface area (Å²) in [6.07, 6.45) is 0. The number of fused-ring (bicyclic) bond motifs is 1. The number of aryl methyl sites for hydroxylation is 1. The summed E-state index contributed by atoms with van der Waals surface area (Å²) in [5.74, 6) is 0.484. The normalized spacial score (nSPS) is 19.9. The summed E-state index contributed by atoms with van der Waals surface area (Å²) in [6, 6.07) is 7.99. The van der Waals surface area contributed by atoms with Gasteiger partial charge in [-0.25, -0.2) is 0 Å². The molecule has 4 nitrogen and oxygen atoms in total. The van der Waals surface area contributed by atoms with Crippen LogP contribution in [0.15, 0.2) is 28.7 Å². The van der Waals surface area contributed by atoms with Crippen molar-refractivity contribution < 1.29 is 9.21 Å². The molecule has 3 rings (SSSR count). The molecule has 1 saturated heterocycles. The van der Waals surface area contributed by atoms with Crippen LogP contribution in [-0.4, -0.2) is 36.5 Å². The maximum Gasteiger partial charge on any atom is 0.290 e. The molecule has 0 aliphatic carbocycles. The molecule has 1 amide bonds. The molecule has 1 aliphatic heterocycles. The number of hydrogen-bond acceptors (Lipinski definition) is 3. The van der Waals surface area contributed by atoms with Gasteiger partial charge in [0.1, 0.15) is 5.58 Å². The zero-order valence-electron chi connectivity index (χ0n) is 11.3. The first-order chi connectivity index (χ1) is 9.18. The van der Waals surface area contributed by atoms with Crippen molar-refractivity contribution in [1.82, 2.24) is 10.2 Å². The summed E-state index contributed by atoms with van der Waals surface area (Å²) >= 11 is 0. The fourth-order valence-corrected chi connectivity index (χ4v) is 2.65. The lowest BCUT2D eigenvalue weighted by Crippen LogP contribution is -2.52. The molecule has 1 atom stereocenters. The first-order valence-electron chi connectivity index (χ1n) is 6.68. The second-order valence-corrected chi connectivity index (χ2v) is 5.10. The van der Waals surface area contributed by atoms with Crippen molar-refractivity contribution in [2.75, 3.05) is 19.6 Å². The number of amides is 1. The van der Waals surface area contributed by atoms with Gasteiger partial charge in [-0.3, -0.25) is 4.79 Å². The second kappa shape index (κ2) is 4.70. The highest BCUT2D eigenvalue weighted by atomic mass is 16.3. The van der Waals surface area contributed by atoms with E-state index in [1.807, 2.05) is 36.1 Å². The average molecular weight is 258 g/mol. The SMILES string of the molecule is Cc1c(C(=O)N2CCNC[C@H]2C)oc2ccccc12. The van der Waals surface area contributed by atoms with Crippen LogP contribution in [0.2, 0.25) is 0 Å². The molecule has 2 heterocycles. The minimum atomic E-state index is 0.00250. The van der Waals surface area contributed by atoms with Crippen LogP contribution in [0, 0.1) is 6.92 Å². The van der Waals surface area contributed by atoms with Gasteiger partial charge >= 0.3 is 0 Å². The topological polar surface area (TPSA) is 45.5 Å². The fourth-order valence-electron chi connectivity index (χ4n) is 2.65. The van der Waals surface area contributed by atoms with E-state index in [2.05, 4.69) is 12.2 Å². The standard InChI is InChI=1S/C15H18N2O2/c1-10-9-16-7-8-17(10)15(18)14-11(2)12-5-3-4-6-13(12)19-14/h3-6,10,16H,7-9H2,1-2H3/t10-/m1/s1. The van der Waals surface area contributed by atoms with Gasteiger partial charge in [0.15, 0.2) is 5.76 Å². The van der Waals surface area contributed by atoms with Gasteiger partial charge < -0.3 is 14.6 Å². The molecule has 1 aliphatic rings. The lowest BCUT2D eigenvalue weighted by atomic mass is 10.1. The van der Waals surface area contributed by atoms with Crippen molar-refractivity contribution in [3.63, 3.8) is 0 Å². The summed E-state index contributed by atoms with van der Waals surface area (Å²) in [5.41, 5.74) is 1.72. The molecule has 0 unspecified atom stereocenters. The molecule has 1 aromatic heterocycles. The molecule has 0 saturated carbocycles. The quantitative estimate of drug-likeness (QED) is 0.852. The van der Waals surface area contributed by atoms with Crippen LogP contribution in [-0.2, 0) is 0 Å². The number of benzene rings is 1. The number of hydrogen-bond donors (Lipinski definition) is 1. The Balaban J connectivity index is 1.99. The first kappa shape index (κ1) is 12.2. The number of piperazine rings is 1. The van der Waals surface area contributed by atoms with Gasteiger partial charge in [0.25, 0.3) is 5.91 Å². The van der Waals surface area contributed by atoms with E-state index in [1.165, 1.54) is 0 Å². The van der Waals surface area contributed by atoms with Crippen LogP contribution < -0.4 is 5.32 Å². The number of furan rings is 1. The van der Waals surface area contributed by atoms with Gasteiger partial charge in [-0.1, -0.05) is 18.2 Å². The van der Waals surface area contributed by atoms with Crippen molar-refractivity contribution in [2.24, 2.45) is 0 Å². The molecule has 1 N–H and O–H groups in total. The summed E-state index contributed by atoms with van der Waals surface area (Å²) in [4.78, 5) is 14.5. The Bertz CT molecular complexity index is 618. The maximum atomic E-state index is 12.6. The minimum Gasteiger partial charge on any atom is -0.451 e. The maximum absolute atomic E-state index is 12.6. The third kappa shape index (κ3) is 2.02. The number of para-hydroxylation sites is 1. The van der Waals surface area contributed by atoms with Gasteiger partial charge in [0.2, 0.25) is 0 Å². The van der Waals surface area contributed by atoms with E-state index >= 15 is 0 Å². The largest absolute Gasteiger partial charge is 0.451 e. The molecule has 100 valence electrons. The van der Waals surface area contributed by atoms with Gasteiger partial charge in [0.05, 0.1) is 0 Å². The molecule has 0 radical (unpaired) electrons. The van der Waals surface area contributed by atoms with E-state index < -0.39 is 0 Å². The molecular weight excluding hydrogens is 240 g/mol. The van der Waals surface area contributed by atoms with E-state index in [0.717, 1.165) is 36.2 Å². The zero-order valence-corrected chi connectivity index (χ0v) is 11.3. The summed E-state index contributed by atoms with van der Waals surface area (Å²) < 4.78 is 5.75. The third-order valence-electron chi connectivity index (χ3n) is 3.80. The predicted octanol–water partition coefficient (Wildman–Crippen LogP) is 2.18. The molecule has 2 aromatic rings. The monoisotopic (exact) mass is 258 g/mol. The Labute approximate surface area is 112 Å². The van der Waals surface area contributed by atoms with E-state index in [4.69, 9.17) is 4.42 Å². The van der Waals surface area contributed by atoms with E-state index in [9.17, 15) is 4.79 Å². The Morgan fingerprint density at radius 2 is 2.21 bits per heavy atom. The second-order valence-electron chi connectivity index (χ2n) is 5.10. The first-order valence-corrected chi connectivity index (χ1v) is 6.68. The Hall–Kier alpha value is -1.81. The van der Waals surface area contributed by atoms with Gasteiger partial charge in [-0.2, -0.15) is 0 Å². The van der Waals surface area contributed by atoms with E-state index in [0.29, 0.717) is 5.76 Å². The molecule has 0 bridgehead atoms. The summed E-state index contributed by atoms with van der Waals surface area (Å²) in [5, 5.41) is 4.31. The molecular formula is C15H18N2O2. The van der Waals surface area contributed by atoms with Crippen molar-refractivity contribution in [3.05, 3.63) is 35.6 Å². The predicted molar refractivity (Wildman–Crippen MR) is 74.3 cm³/mol. The fraction of sp³-hybridized carbons (Fsp3) is 0.400. The lowest BCUT2D eigenvalue weighted by Gasteiger charge is -2.33. The molecule has 0 spiro atoms. The van der Waals surface area contributed by atoms with Crippen LogP contribution in [0.5, 0.6) is 0 Å². The average Bonchev–Trinajstić information content (AvgIpc) is 2.77. The summed E-state index contributed by atoms with van der Waals surface area (Å²) in [7, 11) is 0. The van der Waals surface area contributed by atoms with Crippen molar-refractivity contribution >= 4 is 16.9 Å². The molecule has 1 aromatic carbocycles. The van der Waals surface area contributed by atoms with E-state index in [-0.39, 0.29) is 11.9 Å². The molecule has 4 heteroatoms. The van der Waals surface area contributed by atoms with Crippen molar-refractivity contribution in [3.8, 4) is 0 Å².